The molecule has 0 aromatic heterocycles. The van der Waals surface area contributed by atoms with Crippen molar-refractivity contribution in [1.82, 2.24) is 0 Å². The Bertz CT molecular complexity index is 499. The van der Waals surface area contributed by atoms with Crippen molar-refractivity contribution >= 4 is 0 Å². The van der Waals surface area contributed by atoms with Crippen molar-refractivity contribution < 1.29 is 5.11 Å². The zero-order valence-corrected chi connectivity index (χ0v) is 17.5. The van der Waals surface area contributed by atoms with E-state index in [0.29, 0.717) is 11.7 Å². The van der Waals surface area contributed by atoms with E-state index in [9.17, 15) is 5.11 Å². The van der Waals surface area contributed by atoms with Crippen LogP contribution in [0.4, 0.5) is 0 Å². The van der Waals surface area contributed by atoms with Crippen LogP contribution in [0, 0.1) is 6.92 Å². The highest BCUT2D eigenvalue weighted by atomic mass is 16.3. The van der Waals surface area contributed by atoms with Gasteiger partial charge in [0.15, 0.2) is 0 Å². The average molecular weight is 359 g/mol. The van der Waals surface area contributed by atoms with Crippen molar-refractivity contribution in [2.75, 3.05) is 0 Å². The molecule has 1 aliphatic carbocycles. The molecule has 1 aromatic rings. The van der Waals surface area contributed by atoms with Crippen molar-refractivity contribution in [3.05, 3.63) is 28.8 Å². The van der Waals surface area contributed by atoms with E-state index in [4.69, 9.17) is 0 Å². The normalized spacial score (nSPS) is 15.5. The molecule has 0 spiro atoms. The average Bonchev–Trinajstić information content (AvgIpc) is 2.66. The third-order valence-corrected chi connectivity index (χ3v) is 6.25. The lowest BCUT2D eigenvalue weighted by Gasteiger charge is -2.24. The van der Waals surface area contributed by atoms with Crippen LogP contribution in [-0.2, 0) is 6.42 Å². The van der Waals surface area contributed by atoms with E-state index in [1.54, 1.807) is 0 Å². The Morgan fingerprint density at radius 3 is 2.00 bits per heavy atom. The lowest BCUT2D eigenvalue weighted by Crippen LogP contribution is -2.06. The minimum Gasteiger partial charge on any atom is -0.507 e. The minimum atomic E-state index is 0.573. The zero-order valence-electron chi connectivity index (χ0n) is 17.5. The molecule has 148 valence electrons. The topological polar surface area (TPSA) is 20.2 Å². The molecule has 0 heterocycles. The molecule has 1 aliphatic rings. The summed E-state index contributed by atoms with van der Waals surface area (Å²) in [5.41, 5.74) is 3.77. The van der Waals surface area contributed by atoms with Gasteiger partial charge in [-0.1, -0.05) is 96.1 Å². The summed E-state index contributed by atoms with van der Waals surface area (Å²) in [4.78, 5) is 0. The maximum absolute atomic E-state index is 10.5. The summed E-state index contributed by atoms with van der Waals surface area (Å²) in [6.07, 6.45) is 21.6. The van der Waals surface area contributed by atoms with Crippen LogP contribution in [0.1, 0.15) is 126 Å². The van der Waals surface area contributed by atoms with Crippen molar-refractivity contribution in [2.45, 2.75) is 122 Å². The number of benzene rings is 1. The summed E-state index contributed by atoms with van der Waals surface area (Å²) in [6, 6.07) is 4.54. The summed E-state index contributed by atoms with van der Waals surface area (Å²) in [5.74, 6) is 1.17. The van der Waals surface area contributed by atoms with Crippen molar-refractivity contribution in [1.29, 1.82) is 0 Å². The molecule has 1 aromatic carbocycles. The first-order chi connectivity index (χ1) is 12.7. The minimum absolute atomic E-state index is 0.573. The van der Waals surface area contributed by atoms with Crippen LogP contribution < -0.4 is 0 Å². The van der Waals surface area contributed by atoms with E-state index in [1.807, 2.05) is 0 Å². The lowest BCUT2D eigenvalue weighted by molar-refractivity contribution is 0.412. The number of aryl methyl sites for hydroxylation is 2. The molecule has 1 N–H and O–H groups in total. The quantitative estimate of drug-likeness (QED) is 0.373. The van der Waals surface area contributed by atoms with Crippen molar-refractivity contribution in [3.8, 4) is 5.75 Å². The van der Waals surface area contributed by atoms with Crippen molar-refractivity contribution in [2.24, 2.45) is 0 Å². The highest BCUT2D eigenvalue weighted by molar-refractivity contribution is 5.45. The van der Waals surface area contributed by atoms with Gasteiger partial charge in [-0.15, -0.1) is 0 Å². The molecule has 1 fully saturated rings. The first-order valence-corrected chi connectivity index (χ1v) is 11.5. The van der Waals surface area contributed by atoms with E-state index in [2.05, 4.69) is 26.0 Å². The number of aromatic hydroxyl groups is 1. The summed E-state index contributed by atoms with van der Waals surface area (Å²) in [5, 5.41) is 10.5. The first kappa shape index (κ1) is 21.3. The van der Waals surface area contributed by atoms with Crippen LogP contribution in [-0.4, -0.2) is 5.11 Å². The fourth-order valence-corrected chi connectivity index (χ4v) is 4.57. The SMILES string of the molecule is CCCCCCCCCCCCc1cc(C)c(O)c(C2CCCCC2)c1. The molecular weight excluding hydrogens is 316 g/mol. The summed E-state index contributed by atoms with van der Waals surface area (Å²) < 4.78 is 0. The number of hydrogen-bond donors (Lipinski definition) is 1. The van der Waals surface area contributed by atoms with Crippen LogP contribution in [0.2, 0.25) is 0 Å². The van der Waals surface area contributed by atoms with E-state index >= 15 is 0 Å². The molecule has 0 unspecified atom stereocenters. The third-order valence-electron chi connectivity index (χ3n) is 6.25. The van der Waals surface area contributed by atoms with Crippen LogP contribution >= 0.6 is 0 Å². The van der Waals surface area contributed by atoms with Gasteiger partial charge in [0.05, 0.1) is 0 Å². The van der Waals surface area contributed by atoms with Gasteiger partial charge < -0.3 is 5.11 Å². The molecule has 0 saturated heterocycles. The number of phenolic OH excluding ortho intramolecular Hbond substituents is 1. The van der Waals surface area contributed by atoms with Gasteiger partial charge in [0.1, 0.15) is 5.75 Å². The smallest absolute Gasteiger partial charge is 0.121 e. The molecule has 26 heavy (non-hydrogen) atoms. The van der Waals surface area contributed by atoms with Crippen LogP contribution in [0.3, 0.4) is 0 Å². The Balaban J connectivity index is 1.68. The maximum atomic E-state index is 10.5. The van der Waals surface area contributed by atoms with Crippen LogP contribution in [0.5, 0.6) is 5.75 Å². The standard InChI is InChI=1S/C25H42O/c1-3-4-5-6-7-8-9-10-11-13-16-22-19-21(2)25(26)24(20-22)23-17-14-12-15-18-23/h19-20,23,26H,3-18H2,1-2H3. The predicted molar refractivity (Wildman–Crippen MR) is 114 cm³/mol. The maximum Gasteiger partial charge on any atom is 0.121 e. The number of hydrogen-bond acceptors (Lipinski definition) is 1. The number of unbranched alkanes of at least 4 members (excludes halogenated alkanes) is 9. The molecule has 0 bridgehead atoms. The number of rotatable bonds is 12. The molecule has 2 rings (SSSR count). The molecular formula is C25H42O. The fourth-order valence-electron chi connectivity index (χ4n) is 4.57. The second-order valence-corrected chi connectivity index (χ2v) is 8.62. The van der Waals surface area contributed by atoms with Crippen molar-refractivity contribution in [3.63, 3.8) is 0 Å². The first-order valence-electron chi connectivity index (χ1n) is 11.5. The Labute approximate surface area is 162 Å². The van der Waals surface area contributed by atoms with E-state index in [0.717, 1.165) is 5.56 Å². The van der Waals surface area contributed by atoms with Gasteiger partial charge in [0, 0.05) is 0 Å². The Morgan fingerprint density at radius 2 is 1.38 bits per heavy atom. The van der Waals surface area contributed by atoms with Crippen LogP contribution in [0.25, 0.3) is 0 Å². The second-order valence-electron chi connectivity index (χ2n) is 8.62. The molecule has 1 heteroatoms. The zero-order chi connectivity index (χ0) is 18.6. The Hall–Kier alpha value is -0.980. The van der Waals surface area contributed by atoms with Gasteiger partial charge in [-0.25, -0.2) is 0 Å². The van der Waals surface area contributed by atoms with Gasteiger partial charge in [-0.2, -0.15) is 0 Å². The Morgan fingerprint density at radius 1 is 0.808 bits per heavy atom. The van der Waals surface area contributed by atoms with Gasteiger partial charge >= 0.3 is 0 Å². The second kappa shape index (κ2) is 12.4. The Kier molecular flexibility index (Phi) is 10.2. The third kappa shape index (κ3) is 7.33. The van der Waals surface area contributed by atoms with E-state index in [1.165, 1.54) is 114 Å². The highest BCUT2D eigenvalue weighted by Gasteiger charge is 2.20. The monoisotopic (exact) mass is 358 g/mol. The van der Waals surface area contributed by atoms with Gasteiger partial charge in [-0.05, 0) is 55.2 Å². The summed E-state index contributed by atoms with van der Waals surface area (Å²) in [6.45, 7) is 4.36. The predicted octanol–water partition coefficient (Wildman–Crippen LogP) is 8.21. The molecule has 1 saturated carbocycles. The van der Waals surface area contributed by atoms with Gasteiger partial charge in [0.2, 0.25) is 0 Å². The highest BCUT2D eigenvalue weighted by Crippen LogP contribution is 2.39. The number of phenols is 1. The fraction of sp³-hybridized carbons (Fsp3) is 0.760. The molecule has 0 aliphatic heterocycles. The largest absolute Gasteiger partial charge is 0.507 e. The van der Waals surface area contributed by atoms with E-state index in [-0.39, 0.29) is 0 Å². The molecule has 0 radical (unpaired) electrons. The lowest BCUT2D eigenvalue weighted by atomic mass is 9.82. The van der Waals surface area contributed by atoms with Crippen LogP contribution in [0.15, 0.2) is 12.1 Å². The van der Waals surface area contributed by atoms with E-state index < -0.39 is 0 Å². The molecule has 0 atom stereocenters. The summed E-state index contributed by atoms with van der Waals surface area (Å²) in [7, 11) is 0. The summed E-state index contributed by atoms with van der Waals surface area (Å²) >= 11 is 0. The van der Waals surface area contributed by atoms with Gasteiger partial charge in [0.25, 0.3) is 0 Å². The molecule has 1 nitrogen and oxygen atoms in total. The molecule has 0 amide bonds. The van der Waals surface area contributed by atoms with Gasteiger partial charge in [-0.3, -0.25) is 0 Å².